The Bertz CT molecular complexity index is 791. The van der Waals surface area contributed by atoms with Crippen LogP contribution in [0.5, 0.6) is 0 Å². The van der Waals surface area contributed by atoms with E-state index in [1.54, 1.807) is 0 Å². The van der Waals surface area contributed by atoms with Crippen molar-refractivity contribution in [2.45, 2.75) is 17.6 Å². The van der Waals surface area contributed by atoms with Gasteiger partial charge in [-0.15, -0.1) is 11.8 Å². The molecule has 8 heteroatoms. The van der Waals surface area contributed by atoms with Crippen molar-refractivity contribution in [3.63, 3.8) is 0 Å². The maximum atomic E-state index is 12.8. The standard InChI is InChI=1S/C11H7F3N2O2S/c12-11(13,14)5-3-6-8-7(4-5)19-2-1-16(8)10(18)15-9(6)17/h3-4H,1-2H2,(H,15,17,18). The molecule has 1 aliphatic heterocycles. The van der Waals surface area contributed by atoms with E-state index in [1.807, 2.05) is 4.98 Å². The number of hydrogen-bond acceptors (Lipinski definition) is 3. The number of benzene rings is 1. The second-order valence-corrected chi connectivity index (χ2v) is 5.26. The smallest absolute Gasteiger partial charge is 0.291 e. The predicted octanol–water partition coefficient (Wildman–Crippen LogP) is 1.81. The van der Waals surface area contributed by atoms with Crippen LogP contribution in [0.4, 0.5) is 13.2 Å². The molecular formula is C11H7F3N2O2S. The van der Waals surface area contributed by atoms with E-state index in [4.69, 9.17) is 0 Å². The Balaban J connectivity index is 2.50. The molecule has 100 valence electrons. The first kappa shape index (κ1) is 12.3. The van der Waals surface area contributed by atoms with Gasteiger partial charge < -0.3 is 0 Å². The summed E-state index contributed by atoms with van der Waals surface area (Å²) in [6.07, 6.45) is -4.52. The molecule has 1 N–H and O–H groups in total. The highest BCUT2D eigenvalue weighted by molar-refractivity contribution is 7.99. The number of halogens is 3. The van der Waals surface area contributed by atoms with Crippen LogP contribution in [0.15, 0.2) is 26.6 Å². The van der Waals surface area contributed by atoms with E-state index in [2.05, 4.69) is 0 Å². The average molecular weight is 288 g/mol. The Labute approximate surface area is 108 Å². The molecule has 0 atom stereocenters. The van der Waals surface area contributed by atoms with E-state index in [9.17, 15) is 22.8 Å². The molecule has 19 heavy (non-hydrogen) atoms. The van der Waals surface area contributed by atoms with Crippen LogP contribution in [-0.4, -0.2) is 15.3 Å². The zero-order chi connectivity index (χ0) is 13.8. The number of nitrogens with one attached hydrogen (secondary N) is 1. The fourth-order valence-electron chi connectivity index (χ4n) is 2.13. The number of hydrogen-bond donors (Lipinski definition) is 1. The maximum Gasteiger partial charge on any atom is 0.416 e. The fraction of sp³-hybridized carbons (Fsp3) is 0.273. The van der Waals surface area contributed by atoms with Crippen LogP contribution in [0.3, 0.4) is 0 Å². The van der Waals surface area contributed by atoms with Gasteiger partial charge in [0.05, 0.1) is 16.5 Å². The third-order valence-corrected chi connectivity index (χ3v) is 3.96. The number of rotatable bonds is 0. The molecule has 4 nitrogen and oxygen atoms in total. The quantitative estimate of drug-likeness (QED) is 0.804. The molecule has 1 aromatic carbocycles. The molecule has 0 bridgehead atoms. The number of aromatic nitrogens is 2. The van der Waals surface area contributed by atoms with Gasteiger partial charge in [0.1, 0.15) is 0 Å². The van der Waals surface area contributed by atoms with Gasteiger partial charge in [-0.2, -0.15) is 13.2 Å². The number of alkyl halides is 3. The van der Waals surface area contributed by atoms with Crippen molar-refractivity contribution in [1.29, 1.82) is 0 Å². The lowest BCUT2D eigenvalue weighted by Crippen LogP contribution is -2.32. The Hall–Kier alpha value is -1.70. The SMILES string of the molecule is O=c1[nH]c(=O)n2c3c(cc(C(F)(F)F)cc13)SCC2. The molecule has 0 radical (unpaired) electrons. The van der Waals surface area contributed by atoms with E-state index in [1.165, 1.54) is 16.3 Å². The molecule has 1 aliphatic rings. The highest BCUT2D eigenvalue weighted by Crippen LogP contribution is 2.37. The fourth-order valence-corrected chi connectivity index (χ4v) is 3.19. The van der Waals surface area contributed by atoms with Crippen LogP contribution in [0, 0.1) is 0 Å². The van der Waals surface area contributed by atoms with Gasteiger partial charge in [0.25, 0.3) is 5.56 Å². The van der Waals surface area contributed by atoms with Crippen LogP contribution in [0.2, 0.25) is 0 Å². The Kier molecular flexibility index (Phi) is 2.53. The lowest BCUT2D eigenvalue weighted by atomic mass is 10.1. The molecule has 0 fully saturated rings. The summed E-state index contributed by atoms with van der Waals surface area (Å²) >= 11 is 1.22. The van der Waals surface area contributed by atoms with E-state index in [0.29, 0.717) is 17.2 Å². The van der Waals surface area contributed by atoms with Crippen molar-refractivity contribution >= 4 is 22.7 Å². The third kappa shape index (κ3) is 1.86. The predicted molar refractivity (Wildman–Crippen MR) is 64.6 cm³/mol. The molecule has 0 saturated carbocycles. The van der Waals surface area contributed by atoms with Gasteiger partial charge in [-0.05, 0) is 12.1 Å². The number of aryl methyl sites for hydroxylation is 1. The summed E-state index contributed by atoms with van der Waals surface area (Å²) in [5, 5.41) is -0.100. The Morgan fingerprint density at radius 2 is 2.00 bits per heavy atom. The van der Waals surface area contributed by atoms with E-state index in [0.717, 1.165) is 12.1 Å². The molecule has 0 amide bonds. The van der Waals surface area contributed by atoms with Crippen LogP contribution in [0.25, 0.3) is 10.9 Å². The molecule has 0 aliphatic carbocycles. The molecule has 0 saturated heterocycles. The summed E-state index contributed by atoms with van der Waals surface area (Å²) in [7, 11) is 0. The average Bonchev–Trinajstić information content (AvgIpc) is 2.34. The first-order chi connectivity index (χ1) is 8.88. The van der Waals surface area contributed by atoms with Crippen LogP contribution in [0.1, 0.15) is 5.56 Å². The number of thioether (sulfide) groups is 1. The molecule has 0 unspecified atom stereocenters. The van der Waals surface area contributed by atoms with Gasteiger partial charge in [-0.1, -0.05) is 0 Å². The highest BCUT2D eigenvalue weighted by Gasteiger charge is 2.32. The number of aromatic amines is 1. The highest BCUT2D eigenvalue weighted by atomic mass is 32.2. The molecular weight excluding hydrogens is 281 g/mol. The van der Waals surface area contributed by atoms with Crippen molar-refractivity contribution in [3.05, 3.63) is 38.5 Å². The summed E-state index contributed by atoms with van der Waals surface area (Å²) in [5.41, 5.74) is -1.96. The molecule has 0 spiro atoms. The summed E-state index contributed by atoms with van der Waals surface area (Å²) in [4.78, 5) is 25.7. The van der Waals surface area contributed by atoms with Crippen molar-refractivity contribution in [2.75, 3.05) is 5.75 Å². The summed E-state index contributed by atoms with van der Waals surface area (Å²) in [5.74, 6) is 0.495. The molecule has 1 aromatic heterocycles. The number of H-pyrrole nitrogens is 1. The van der Waals surface area contributed by atoms with Gasteiger partial charge >= 0.3 is 11.9 Å². The van der Waals surface area contributed by atoms with Gasteiger partial charge in [0.2, 0.25) is 0 Å². The second kappa shape index (κ2) is 3.89. The monoisotopic (exact) mass is 288 g/mol. The topological polar surface area (TPSA) is 54.9 Å². The lowest BCUT2D eigenvalue weighted by Gasteiger charge is -2.19. The van der Waals surface area contributed by atoms with Crippen LogP contribution >= 0.6 is 11.8 Å². The zero-order valence-electron chi connectivity index (χ0n) is 9.37. The van der Waals surface area contributed by atoms with E-state index >= 15 is 0 Å². The molecule has 2 aromatic rings. The number of nitrogens with zero attached hydrogens (tertiary/aromatic N) is 1. The van der Waals surface area contributed by atoms with E-state index in [-0.39, 0.29) is 10.9 Å². The van der Waals surface area contributed by atoms with Crippen molar-refractivity contribution in [3.8, 4) is 0 Å². The molecule has 2 heterocycles. The van der Waals surface area contributed by atoms with Crippen molar-refractivity contribution in [2.24, 2.45) is 0 Å². The largest absolute Gasteiger partial charge is 0.416 e. The normalized spacial score (nSPS) is 14.9. The van der Waals surface area contributed by atoms with Crippen molar-refractivity contribution in [1.82, 2.24) is 9.55 Å². The lowest BCUT2D eigenvalue weighted by molar-refractivity contribution is -0.137. The zero-order valence-corrected chi connectivity index (χ0v) is 10.2. The second-order valence-electron chi connectivity index (χ2n) is 4.13. The van der Waals surface area contributed by atoms with E-state index < -0.39 is 23.0 Å². The minimum atomic E-state index is -4.52. The first-order valence-electron chi connectivity index (χ1n) is 5.39. The van der Waals surface area contributed by atoms with Crippen LogP contribution < -0.4 is 11.2 Å². The minimum absolute atomic E-state index is 0.100. The third-order valence-electron chi connectivity index (χ3n) is 2.95. The Morgan fingerprint density at radius 1 is 1.26 bits per heavy atom. The Morgan fingerprint density at radius 3 is 2.68 bits per heavy atom. The van der Waals surface area contributed by atoms with Crippen LogP contribution in [-0.2, 0) is 12.7 Å². The summed E-state index contributed by atoms with van der Waals surface area (Å²) in [6.45, 7) is 0.370. The van der Waals surface area contributed by atoms with Crippen molar-refractivity contribution < 1.29 is 13.2 Å². The maximum absolute atomic E-state index is 12.8. The van der Waals surface area contributed by atoms with Gasteiger partial charge in [-0.25, -0.2) is 4.79 Å². The van der Waals surface area contributed by atoms with Gasteiger partial charge in [-0.3, -0.25) is 14.3 Å². The summed E-state index contributed by atoms with van der Waals surface area (Å²) in [6, 6.07) is 1.78. The summed E-state index contributed by atoms with van der Waals surface area (Å²) < 4.78 is 39.6. The molecule has 3 rings (SSSR count). The van der Waals surface area contributed by atoms with Gasteiger partial charge in [0, 0.05) is 17.2 Å². The first-order valence-corrected chi connectivity index (χ1v) is 6.37. The minimum Gasteiger partial charge on any atom is -0.291 e. The van der Waals surface area contributed by atoms with Gasteiger partial charge in [0.15, 0.2) is 0 Å².